The molecule has 0 fully saturated rings. The summed E-state index contributed by atoms with van der Waals surface area (Å²) in [5.41, 5.74) is 4.39. The Morgan fingerprint density at radius 2 is 1.41 bits per heavy atom. The first-order valence-electron chi connectivity index (χ1n) is 9.17. The van der Waals surface area contributed by atoms with Crippen molar-refractivity contribution in [1.82, 2.24) is 0 Å². The van der Waals surface area contributed by atoms with Gasteiger partial charge in [0.25, 0.3) is 0 Å². The van der Waals surface area contributed by atoms with Gasteiger partial charge in [-0.15, -0.1) is 0 Å². The zero-order chi connectivity index (χ0) is 19.7. The minimum atomic E-state index is -2.93. The molecule has 0 aliphatic heterocycles. The van der Waals surface area contributed by atoms with E-state index in [-0.39, 0.29) is 0 Å². The summed E-state index contributed by atoms with van der Waals surface area (Å²) in [6, 6.07) is 16.3. The van der Waals surface area contributed by atoms with Crippen LogP contribution < -0.4 is 0 Å². The highest BCUT2D eigenvalue weighted by Crippen LogP contribution is 2.36. The highest BCUT2D eigenvalue weighted by atomic mass is 35.5. The fourth-order valence-corrected chi connectivity index (χ4v) is 6.30. The van der Waals surface area contributed by atoms with Gasteiger partial charge in [-0.1, -0.05) is 53.2 Å². The number of thioether (sulfide) groups is 1. The minimum Gasteiger partial charge on any atom is -0.371 e. The topological polar surface area (TPSA) is 27.7 Å². The SMILES string of the molecule is CCO[Si](C=C(Sc1ccc(Cl)cc1)c1ccc(C)cc1)(OCC)OCC. The van der Waals surface area contributed by atoms with Crippen molar-refractivity contribution >= 4 is 37.1 Å². The summed E-state index contributed by atoms with van der Waals surface area (Å²) < 4.78 is 18.1. The van der Waals surface area contributed by atoms with Gasteiger partial charge in [0.1, 0.15) is 0 Å². The lowest BCUT2D eigenvalue weighted by Gasteiger charge is -2.26. The van der Waals surface area contributed by atoms with E-state index in [1.165, 1.54) is 5.56 Å². The van der Waals surface area contributed by atoms with Crippen molar-refractivity contribution in [3.8, 4) is 0 Å². The maximum atomic E-state index is 6.04. The average Bonchev–Trinajstić information content (AvgIpc) is 2.64. The summed E-state index contributed by atoms with van der Waals surface area (Å²) in [7, 11) is -2.93. The zero-order valence-corrected chi connectivity index (χ0v) is 18.9. The van der Waals surface area contributed by atoms with Crippen LogP contribution in [0.2, 0.25) is 5.02 Å². The number of benzene rings is 2. The van der Waals surface area contributed by atoms with Gasteiger partial charge in [-0.05, 0) is 57.5 Å². The van der Waals surface area contributed by atoms with Crippen LogP contribution in [0.3, 0.4) is 0 Å². The second-order valence-electron chi connectivity index (χ2n) is 5.83. The molecule has 0 N–H and O–H groups in total. The molecule has 0 spiro atoms. The third kappa shape index (κ3) is 6.78. The third-order valence-corrected chi connectivity index (χ3v) is 7.98. The quantitative estimate of drug-likeness (QED) is 0.328. The number of hydrogen-bond donors (Lipinski definition) is 0. The van der Waals surface area contributed by atoms with Crippen LogP contribution in [0.5, 0.6) is 0 Å². The first-order chi connectivity index (χ1) is 13.0. The van der Waals surface area contributed by atoms with Crippen molar-refractivity contribution in [2.45, 2.75) is 32.6 Å². The summed E-state index contributed by atoms with van der Waals surface area (Å²) >= 11 is 7.69. The van der Waals surface area contributed by atoms with E-state index in [4.69, 9.17) is 24.9 Å². The van der Waals surface area contributed by atoms with Crippen LogP contribution in [0, 0.1) is 6.92 Å². The maximum absolute atomic E-state index is 6.04. The summed E-state index contributed by atoms with van der Waals surface area (Å²) in [5, 5.41) is 0.724. The Morgan fingerprint density at radius 3 is 1.89 bits per heavy atom. The smallest absolute Gasteiger partial charge is 0.371 e. The van der Waals surface area contributed by atoms with E-state index in [2.05, 4.69) is 36.9 Å². The molecule has 0 aliphatic rings. The van der Waals surface area contributed by atoms with Crippen molar-refractivity contribution in [2.24, 2.45) is 0 Å². The van der Waals surface area contributed by atoms with Crippen molar-refractivity contribution in [3.63, 3.8) is 0 Å². The van der Waals surface area contributed by atoms with Gasteiger partial charge in [0, 0.05) is 40.3 Å². The standard InChI is InChI=1S/C21H27ClO3SSi/c1-5-23-27(24-6-2,25-7-3)16-21(18-10-8-17(4)9-11-18)26-20-14-12-19(22)13-15-20/h8-16H,5-7H2,1-4H3. The molecule has 0 atom stereocenters. The number of rotatable bonds is 10. The third-order valence-electron chi connectivity index (χ3n) is 3.72. The summed E-state index contributed by atoms with van der Waals surface area (Å²) in [5.74, 6) is 0. The molecule has 2 aromatic carbocycles. The molecule has 27 heavy (non-hydrogen) atoms. The minimum absolute atomic E-state index is 0.537. The Hall–Kier alpha value is -1.08. The van der Waals surface area contributed by atoms with E-state index >= 15 is 0 Å². The van der Waals surface area contributed by atoms with Crippen LogP contribution in [0.1, 0.15) is 31.9 Å². The summed E-state index contributed by atoms with van der Waals surface area (Å²) in [4.78, 5) is 2.15. The number of hydrogen-bond acceptors (Lipinski definition) is 4. The highest BCUT2D eigenvalue weighted by Gasteiger charge is 2.39. The normalized spacial score (nSPS) is 12.4. The Morgan fingerprint density at radius 1 is 0.889 bits per heavy atom. The predicted octanol–water partition coefficient (Wildman–Crippen LogP) is 6.37. The Kier molecular flexibility index (Phi) is 9.09. The zero-order valence-electron chi connectivity index (χ0n) is 16.3. The molecule has 3 nitrogen and oxygen atoms in total. The summed E-state index contributed by atoms with van der Waals surface area (Å²) in [6.07, 6.45) is 0. The Balaban J connectivity index is 2.48. The molecular weight excluding hydrogens is 396 g/mol. The van der Waals surface area contributed by atoms with Crippen LogP contribution in [0.25, 0.3) is 4.91 Å². The van der Waals surface area contributed by atoms with Crippen LogP contribution >= 0.6 is 23.4 Å². The van der Waals surface area contributed by atoms with Crippen molar-refractivity contribution in [2.75, 3.05) is 19.8 Å². The first-order valence-corrected chi connectivity index (χ1v) is 12.2. The molecule has 0 saturated carbocycles. The lowest BCUT2D eigenvalue weighted by molar-refractivity contribution is 0.0845. The lowest BCUT2D eigenvalue weighted by atomic mass is 10.1. The first kappa shape index (κ1) is 22.2. The molecule has 0 saturated heterocycles. The molecule has 2 aromatic rings. The lowest BCUT2D eigenvalue weighted by Crippen LogP contribution is -2.44. The van der Waals surface area contributed by atoms with Gasteiger partial charge in [-0.25, -0.2) is 0 Å². The van der Waals surface area contributed by atoms with E-state index < -0.39 is 8.80 Å². The maximum Gasteiger partial charge on any atom is 0.530 e. The van der Waals surface area contributed by atoms with Crippen LogP contribution in [0.4, 0.5) is 0 Å². The van der Waals surface area contributed by atoms with Gasteiger partial charge in [-0.2, -0.15) is 0 Å². The molecule has 0 amide bonds. The second kappa shape index (κ2) is 11.0. The fraction of sp³-hybridized carbons (Fsp3) is 0.333. The van der Waals surface area contributed by atoms with E-state index in [9.17, 15) is 0 Å². The number of aryl methyl sites for hydroxylation is 1. The van der Waals surface area contributed by atoms with Crippen molar-refractivity contribution < 1.29 is 13.3 Å². The van der Waals surface area contributed by atoms with Crippen molar-refractivity contribution in [3.05, 3.63) is 70.4 Å². The predicted molar refractivity (Wildman–Crippen MR) is 117 cm³/mol. The van der Waals surface area contributed by atoms with Gasteiger partial charge < -0.3 is 13.3 Å². The van der Waals surface area contributed by atoms with Crippen molar-refractivity contribution in [1.29, 1.82) is 0 Å². The Labute approximate surface area is 173 Å². The molecule has 0 aromatic heterocycles. The highest BCUT2D eigenvalue weighted by molar-refractivity contribution is 8.08. The molecule has 6 heteroatoms. The van der Waals surface area contributed by atoms with Gasteiger partial charge in [0.15, 0.2) is 0 Å². The second-order valence-corrected chi connectivity index (χ2v) is 9.75. The van der Waals surface area contributed by atoms with Crippen LogP contribution in [-0.2, 0) is 13.3 Å². The molecule has 0 radical (unpaired) electrons. The molecule has 0 aliphatic carbocycles. The molecule has 2 rings (SSSR count). The fourth-order valence-electron chi connectivity index (χ4n) is 2.53. The van der Waals surface area contributed by atoms with E-state index in [1.54, 1.807) is 11.8 Å². The average molecular weight is 423 g/mol. The molecule has 0 bridgehead atoms. The summed E-state index contributed by atoms with van der Waals surface area (Å²) in [6.45, 7) is 9.59. The van der Waals surface area contributed by atoms with Gasteiger partial charge in [-0.3, -0.25) is 0 Å². The van der Waals surface area contributed by atoms with E-state index in [0.29, 0.717) is 19.8 Å². The van der Waals surface area contributed by atoms with Gasteiger partial charge in [0.05, 0.1) is 0 Å². The largest absolute Gasteiger partial charge is 0.530 e. The molecule has 0 heterocycles. The van der Waals surface area contributed by atoms with E-state index in [0.717, 1.165) is 20.4 Å². The van der Waals surface area contributed by atoms with Crippen LogP contribution in [-0.4, -0.2) is 28.6 Å². The molecular formula is C21H27ClO3SSi. The molecule has 146 valence electrons. The molecule has 0 unspecified atom stereocenters. The van der Waals surface area contributed by atoms with Gasteiger partial charge in [0.2, 0.25) is 0 Å². The van der Waals surface area contributed by atoms with Crippen LogP contribution in [0.15, 0.2) is 59.1 Å². The number of halogens is 1. The Bertz CT molecular complexity index is 715. The monoisotopic (exact) mass is 422 g/mol. The van der Waals surface area contributed by atoms with E-state index in [1.807, 2.05) is 45.0 Å². The van der Waals surface area contributed by atoms with Gasteiger partial charge >= 0.3 is 8.80 Å².